The fourth-order valence-corrected chi connectivity index (χ4v) is 5.66. The molecular formula is C36H35F3N6O2. The van der Waals surface area contributed by atoms with Crippen LogP contribution in [0, 0.1) is 5.41 Å². The van der Waals surface area contributed by atoms with Gasteiger partial charge in [-0.05, 0) is 48.0 Å². The molecule has 3 heterocycles. The van der Waals surface area contributed by atoms with Crippen molar-refractivity contribution in [3.05, 3.63) is 84.7 Å². The predicted octanol–water partition coefficient (Wildman–Crippen LogP) is 7.87. The van der Waals surface area contributed by atoms with Crippen LogP contribution in [0.3, 0.4) is 0 Å². The van der Waals surface area contributed by atoms with Gasteiger partial charge < -0.3 is 20.4 Å². The minimum Gasteiger partial charge on any atom is -0.367 e. The number of halogens is 3. The van der Waals surface area contributed by atoms with E-state index >= 15 is 0 Å². The Hall–Kier alpha value is -5.19. The molecular weight excluding hydrogens is 605 g/mol. The van der Waals surface area contributed by atoms with Crippen LogP contribution >= 0.6 is 0 Å². The highest BCUT2D eigenvalue weighted by molar-refractivity contribution is 6.06. The first kappa shape index (κ1) is 31.8. The molecule has 1 aliphatic heterocycles. The molecule has 1 aliphatic rings. The summed E-state index contributed by atoms with van der Waals surface area (Å²) >= 11 is 0. The number of aromatic nitrogens is 2. The molecule has 11 heteroatoms. The molecule has 0 radical (unpaired) electrons. The number of amides is 2. The van der Waals surface area contributed by atoms with Gasteiger partial charge in [0.15, 0.2) is 0 Å². The lowest BCUT2D eigenvalue weighted by Gasteiger charge is -2.36. The maximum atomic E-state index is 14.5. The first-order valence-corrected chi connectivity index (χ1v) is 15.4. The zero-order chi connectivity index (χ0) is 33.5. The fraction of sp³-hybridized carbons (Fsp3) is 0.278. The zero-order valence-corrected chi connectivity index (χ0v) is 26.6. The highest BCUT2D eigenvalue weighted by atomic mass is 19.4. The van der Waals surface area contributed by atoms with E-state index in [1.807, 2.05) is 48.5 Å². The van der Waals surface area contributed by atoms with Crippen LogP contribution in [-0.4, -0.2) is 52.9 Å². The largest absolute Gasteiger partial charge is 0.418 e. The zero-order valence-electron chi connectivity index (χ0n) is 26.6. The van der Waals surface area contributed by atoms with Gasteiger partial charge in [-0.3, -0.25) is 19.6 Å². The molecule has 6 rings (SSSR count). The summed E-state index contributed by atoms with van der Waals surface area (Å²) in [7, 11) is 0. The van der Waals surface area contributed by atoms with Gasteiger partial charge in [0.25, 0.3) is 0 Å². The number of para-hydroxylation sites is 1. The van der Waals surface area contributed by atoms with Crippen LogP contribution in [0.2, 0.25) is 0 Å². The Morgan fingerprint density at radius 1 is 0.809 bits per heavy atom. The second kappa shape index (κ2) is 12.2. The Kier molecular flexibility index (Phi) is 8.25. The number of fused-ring (bicyclic) bond motifs is 2. The summed E-state index contributed by atoms with van der Waals surface area (Å²) in [5, 5.41) is 7.71. The van der Waals surface area contributed by atoms with Gasteiger partial charge in [0.2, 0.25) is 11.8 Å². The lowest BCUT2D eigenvalue weighted by molar-refractivity contribution is -0.137. The van der Waals surface area contributed by atoms with E-state index in [0.717, 1.165) is 28.1 Å². The van der Waals surface area contributed by atoms with Crippen molar-refractivity contribution in [3.63, 3.8) is 0 Å². The van der Waals surface area contributed by atoms with Crippen LogP contribution in [0.4, 0.5) is 35.9 Å². The average Bonchev–Trinajstić information content (AvgIpc) is 3.04. The molecule has 2 N–H and O–H groups in total. The van der Waals surface area contributed by atoms with Gasteiger partial charge in [0.1, 0.15) is 0 Å². The Balaban J connectivity index is 1.44. The molecule has 47 heavy (non-hydrogen) atoms. The van der Waals surface area contributed by atoms with Crippen LogP contribution in [0.25, 0.3) is 32.9 Å². The Bertz CT molecular complexity index is 2000. The molecule has 0 aliphatic carbocycles. The number of piperazine rings is 1. The molecule has 0 saturated carbocycles. The summed E-state index contributed by atoms with van der Waals surface area (Å²) in [4.78, 5) is 37.3. The summed E-state index contributed by atoms with van der Waals surface area (Å²) < 4.78 is 43.6. The highest BCUT2D eigenvalue weighted by Gasteiger charge is 2.36. The maximum absolute atomic E-state index is 14.5. The van der Waals surface area contributed by atoms with Crippen molar-refractivity contribution < 1.29 is 22.8 Å². The third-order valence-electron chi connectivity index (χ3n) is 8.36. The van der Waals surface area contributed by atoms with Gasteiger partial charge in [-0.25, -0.2) is 0 Å². The first-order valence-electron chi connectivity index (χ1n) is 15.4. The standard InChI is InChI=1S/C36H35F3N6O2/c1-22(46)44-13-15-45(16-14-44)32-12-10-26(19-28(32)36(37,38)39)42-33-27-18-23(25-17-24-7-5-6-8-29(24)40-20-25)9-11-30(27)41-21-31(33)43-34(47)35(2,3)4/h5-12,17-21H,13-16H2,1-4H3,(H,41,42)(H,43,47). The number of benzene rings is 3. The van der Waals surface area contributed by atoms with Crippen molar-refractivity contribution in [1.29, 1.82) is 0 Å². The van der Waals surface area contributed by atoms with Crippen LogP contribution in [0.1, 0.15) is 33.3 Å². The molecule has 0 spiro atoms. The molecule has 5 aromatic rings. The van der Waals surface area contributed by atoms with Crippen LogP contribution in [-0.2, 0) is 15.8 Å². The molecule has 0 bridgehead atoms. The molecule has 3 aromatic carbocycles. The average molecular weight is 641 g/mol. The first-order chi connectivity index (χ1) is 22.3. The molecule has 242 valence electrons. The quantitative estimate of drug-likeness (QED) is 0.203. The van der Waals surface area contributed by atoms with E-state index in [4.69, 9.17) is 0 Å². The number of anilines is 4. The number of hydrogen-bond acceptors (Lipinski definition) is 6. The van der Waals surface area contributed by atoms with Gasteiger partial charge in [-0.15, -0.1) is 0 Å². The van der Waals surface area contributed by atoms with E-state index in [9.17, 15) is 22.8 Å². The van der Waals surface area contributed by atoms with E-state index in [0.29, 0.717) is 48.5 Å². The van der Waals surface area contributed by atoms with E-state index in [2.05, 4.69) is 20.6 Å². The summed E-state index contributed by atoms with van der Waals surface area (Å²) in [6.07, 6.45) is -1.34. The highest BCUT2D eigenvalue weighted by Crippen LogP contribution is 2.41. The van der Waals surface area contributed by atoms with E-state index in [1.54, 1.807) is 42.8 Å². The van der Waals surface area contributed by atoms with Crippen molar-refractivity contribution in [2.75, 3.05) is 41.7 Å². The van der Waals surface area contributed by atoms with Crippen LogP contribution in [0.15, 0.2) is 79.1 Å². The minimum absolute atomic E-state index is 0.0539. The number of nitrogens with one attached hydrogen (secondary N) is 2. The van der Waals surface area contributed by atoms with Gasteiger partial charge in [0.05, 0.1) is 34.2 Å². The number of nitrogens with zero attached hydrogens (tertiary/aromatic N) is 4. The molecule has 2 amide bonds. The number of carbonyl (C=O) groups is 2. The van der Waals surface area contributed by atoms with Crippen molar-refractivity contribution in [3.8, 4) is 11.1 Å². The molecule has 1 saturated heterocycles. The minimum atomic E-state index is -4.63. The number of rotatable bonds is 5. The van der Waals surface area contributed by atoms with Crippen LogP contribution in [0.5, 0.6) is 0 Å². The number of pyridine rings is 2. The smallest absolute Gasteiger partial charge is 0.367 e. The number of hydrogen-bond donors (Lipinski definition) is 2. The summed E-state index contributed by atoms with van der Waals surface area (Å²) in [6.45, 7) is 8.07. The topological polar surface area (TPSA) is 90.5 Å². The van der Waals surface area contributed by atoms with E-state index < -0.39 is 17.2 Å². The molecule has 8 nitrogen and oxygen atoms in total. The Labute approximate surface area is 270 Å². The summed E-state index contributed by atoms with van der Waals surface area (Å²) in [5.74, 6) is -0.369. The second-order valence-corrected chi connectivity index (χ2v) is 12.7. The number of carbonyl (C=O) groups excluding carboxylic acids is 2. The monoisotopic (exact) mass is 640 g/mol. The molecule has 1 fully saturated rings. The third kappa shape index (κ3) is 6.70. The maximum Gasteiger partial charge on any atom is 0.418 e. The van der Waals surface area contributed by atoms with Gasteiger partial charge >= 0.3 is 6.18 Å². The van der Waals surface area contributed by atoms with Crippen molar-refractivity contribution in [1.82, 2.24) is 14.9 Å². The lowest BCUT2D eigenvalue weighted by atomic mass is 9.95. The van der Waals surface area contributed by atoms with Gasteiger partial charge in [0, 0.05) is 72.4 Å². The molecule has 2 aromatic heterocycles. The Morgan fingerprint density at radius 3 is 2.23 bits per heavy atom. The second-order valence-electron chi connectivity index (χ2n) is 12.7. The van der Waals surface area contributed by atoms with Crippen molar-refractivity contribution in [2.24, 2.45) is 5.41 Å². The molecule has 0 atom stereocenters. The van der Waals surface area contributed by atoms with Gasteiger partial charge in [-0.2, -0.15) is 13.2 Å². The normalized spacial score (nSPS) is 14.0. The third-order valence-corrected chi connectivity index (χ3v) is 8.36. The lowest BCUT2D eigenvalue weighted by Crippen LogP contribution is -2.48. The number of alkyl halides is 3. The van der Waals surface area contributed by atoms with Crippen LogP contribution < -0.4 is 15.5 Å². The van der Waals surface area contributed by atoms with Crippen molar-refractivity contribution in [2.45, 2.75) is 33.9 Å². The van der Waals surface area contributed by atoms with Gasteiger partial charge in [-0.1, -0.05) is 45.0 Å². The SMILES string of the molecule is CC(=O)N1CCN(c2ccc(Nc3c(NC(=O)C(C)(C)C)cnc4ccc(-c5cnc6ccccc6c5)cc34)cc2C(F)(F)F)CC1. The van der Waals surface area contributed by atoms with E-state index in [1.165, 1.54) is 19.2 Å². The summed E-state index contributed by atoms with van der Waals surface area (Å²) in [6, 6.07) is 19.6. The van der Waals surface area contributed by atoms with Crippen molar-refractivity contribution >= 4 is 56.4 Å². The Morgan fingerprint density at radius 2 is 1.53 bits per heavy atom. The fourth-order valence-electron chi connectivity index (χ4n) is 5.66. The van der Waals surface area contributed by atoms with E-state index in [-0.39, 0.29) is 23.2 Å². The molecule has 0 unspecified atom stereocenters. The predicted molar refractivity (Wildman–Crippen MR) is 180 cm³/mol. The summed E-state index contributed by atoms with van der Waals surface area (Å²) in [5.41, 5.74) is 2.61.